The van der Waals surface area contributed by atoms with Crippen LogP contribution in [-0.4, -0.2) is 11.9 Å². The molecule has 0 aliphatic carbocycles. The Hall–Kier alpha value is -0.670. The standard InChI is InChI=1S/C10H12ClNO.H2S/c1-7(2)12-10(13)8-4-3-5-9(11)6-8;/h3-7H,1-2H3,(H,12,13);1H2. The van der Waals surface area contributed by atoms with Crippen molar-refractivity contribution in [2.75, 3.05) is 0 Å². The number of halogens is 1. The molecule has 0 heterocycles. The van der Waals surface area contributed by atoms with E-state index in [-0.39, 0.29) is 25.4 Å². The van der Waals surface area contributed by atoms with Crippen molar-refractivity contribution in [1.29, 1.82) is 0 Å². The second-order valence-electron chi connectivity index (χ2n) is 3.14. The van der Waals surface area contributed by atoms with E-state index in [1.807, 2.05) is 13.8 Å². The van der Waals surface area contributed by atoms with Crippen molar-refractivity contribution < 1.29 is 4.79 Å². The van der Waals surface area contributed by atoms with Gasteiger partial charge >= 0.3 is 0 Å². The van der Waals surface area contributed by atoms with Gasteiger partial charge < -0.3 is 5.32 Å². The quantitative estimate of drug-likeness (QED) is 0.833. The molecule has 1 aromatic carbocycles. The van der Waals surface area contributed by atoms with Crippen LogP contribution < -0.4 is 5.32 Å². The number of rotatable bonds is 2. The molecule has 0 aliphatic heterocycles. The van der Waals surface area contributed by atoms with Crippen LogP contribution in [0.2, 0.25) is 5.02 Å². The monoisotopic (exact) mass is 231 g/mol. The fourth-order valence-corrected chi connectivity index (χ4v) is 1.17. The Morgan fingerprint density at radius 1 is 1.43 bits per heavy atom. The maximum atomic E-state index is 11.4. The summed E-state index contributed by atoms with van der Waals surface area (Å²) in [6.07, 6.45) is 0. The Morgan fingerprint density at radius 2 is 2.07 bits per heavy atom. The molecule has 0 radical (unpaired) electrons. The van der Waals surface area contributed by atoms with Crippen LogP contribution in [0.25, 0.3) is 0 Å². The Kier molecular flexibility index (Phi) is 5.65. The van der Waals surface area contributed by atoms with E-state index in [1.54, 1.807) is 24.3 Å². The third-order valence-corrected chi connectivity index (χ3v) is 1.74. The summed E-state index contributed by atoms with van der Waals surface area (Å²) in [6.45, 7) is 3.84. The summed E-state index contributed by atoms with van der Waals surface area (Å²) in [4.78, 5) is 11.4. The molecule has 0 aromatic heterocycles. The first-order chi connectivity index (χ1) is 6.09. The number of carbonyl (C=O) groups is 1. The van der Waals surface area contributed by atoms with Crippen LogP contribution in [0.4, 0.5) is 0 Å². The molecule has 1 amide bonds. The van der Waals surface area contributed by atoms with Crippen LogP contribution in [0.5, 0.6) is 0 Å². The third kappa shape index (κ3) is 4.03. The predicted molar refractivity (Wildman–Crippen MR) is 64.4 cm³/mol. The van der Waals surface area contributed by atoms with Crippen molar-refractivity contribution in [3.8, 4) is 0 Å². The summed E-state index contributed by atoms with van der Waals surface area (Å²) < 4.78 is 0. The molecule has 0 fully saturated rings. The molecule has 0 aliphatic rings. The van der Waals surface area contributed by atoms with Gasteiger partial charge in [0.25, 0.3) is 5.91 Å². The molecule has 0 saturated heterocycles. The third-order valence-electron chi connectivity index (χ3n) is 1.51. The van der Waals surface area contributed by atoms with Gasteiger partial charge in [-0.2, -0.15) is 13.5 Å². The minimum absolute atomic E-state index is 0. The van der Waals surface area contributed by atoms with Crippen molar-refractivity contribution in [2.24, 2.45) is 0 Å². The summed E-state index contributed by atoms with van der Waals surface area (Å²) in [5, 5.41) is 3.37. The van der Waals surface area contributed by atoms with E-state index < -0.39 is 0 Å². The largest absolute Gasteiger partial charge is 0.350 e. The van der Waals surface area contributed by atoms with Gasteiger partial charge in [0.1, 0.15) is 0 Å². The van der Waals surface area contributed by atoms with E-state index in [0.717, 1.165) is 0 Å². The second-order valence-corrected chi connectivity index (χ2v) is 3.57. The summed E-state index contributed by atoms with van der Waals surface area (Å²) in [5.41, 5.74) is 0.598. The summed E-state index contributed by atoms with van der Waals surface area (Å²) >= 11 is 5.75. The van der Waals surface area contributed by atoms with Gasteiger partial charge in [0.2, 0.25) is 0 Å². The molecule has 78 valence electrons. The van der Waals surface area contributed by atoms with Gasteiger partial charge in [0, 0.05) is 16.6 Å². The van der Waals surface area contributed by atoms with Crippen molar-refractivity contribution in [1.82, 2.24) is 5.32 Å². The van der Waals surface area contributed by atoms with Crippen LogP contribution in [-0.2, 0) is 0 Å². The van der Waals surface area contributed by atoms with Crippen molar-refractivity contribution >= 4 is 31.0 Å². The Morgan fingerprint density at radius 3 is 2.57 bits per heavy atom. The highest BCUT2D eigenvalue weighted by Gasteiger charge is 2.05. The summed E-state index contributed by atoms with van der Waals surface area (Å²) in [7, 11) is 0. The lowest BCUT2D eigenvalue weighted by molar-refractivity contribution is 0.0943. The highest BCUT2D eigenvalue weighted by atomic mass is 35.5. The van der Waals surface area contributed by atoms with Crippen LogP contribution in [0.1, 0.15) is 24.2 Å². The second kappa shape index (κ2) is 5.94. The SMILES string of the molecule is CC(C)NC(=O)c1cccc(Cl)c1.S. The van der Waals surface area contributed by atoms with E-state index in [2.05, 4.69) is 5.32 Å². The number of benzene rings is 1. The topological polar surface area (TPSA) is 29.1 Å². The lowest BCUT2D eigenvalue weighted by atomic mass is 10.2. The summed E-state index contributed by atoms with van der Waals surface area (Å²) in [5.74, 6) is -0.0856. The molecule has 0 saturated carbocycles. The molecular formula is C10H14ClNOS. The van der Waals surface area contributed by atoms with Crippen LogP contribution >= 0.6 is 25.1 Å². The summed E-state index contributed by atoms with van der Waals surface area (Å²) in [6, 6.07) is 7.04. The molecule has 14 heavy (non-hydrogen) atoms. The number of nitrogens with one attached hydrogen (secondary N) is 1. The Bertz CT molecular complexity index is 315. The first-order valence-electron chi connectivity index (χ1n) is 4.16. The average molecular weight is 232 g/mol. The lowest BCUT2D eigenvalue weighted by Gasteiger charge is -2.07. The average Bonchev–Trinajstić information content (AvgIpc) is 2.03. The van der Waals surface area contributed by atoms with E-state index in [4.69, 9.17) is 11.6 Å². The molecule has 0 bridgehead atoms. The zero-order valence-corrected chi connectivity index (χ0v) is 9.93. The fourth-order valence-electron chi connectivity index (χ4n) is 0.975. The smallest absolute Gasteiger partial charge is 0.251 e. The van der Waals surface area contributed by atoms with Crippen LogP contribution in [0, 0.1) is 0 Å². The van der Waals surface area contributed by atoms with Gasteiger partial charge in [-0.3, -0.25) is 4.79 Å². The highest BCUT2D eigenvalue weighted by molar-refractivity contribution is 7.59. The molecule has 1 aromatic rings. The first kappa shape index (κ1) is 13.3. The number of amides is 1. The van der Waals surface area contributed by atoms with Gasteiger partial charge in [-0.1, -0.05) is 17.7 Å². The Balaban J connectivity index is 0.00000169. The van der Waals surface area contributed by atoms with E-state index >= 15 is 0 Å². The Labute approximate surface area is 96.1 Å². The molecular weight excluding hydrogens is 218 g/mol. The van der Waals surface area contributed by atoms with Gasteiger partial charge in [-0.05, 0) is 32.0 Å². The van der Waals surface area contributed by atoms with Gasteiger partial charge in [-0.25, -0.2) is 0 Å². The van der Waals surface area contributed by atoms with Crippen LogP contribution in [0.15, 0.2) is 24.3 Å². The lowest BCUT2D eigenvalue weighted by Crippen LogP contribution is -2.29. The number of hydrogen-bond acceptors (Lipinski definition) is 1. The van der Waals surface area contributed by atoms with Crippen LogP contribution in [0.3, 0.4) is 0 Å². The molecule has 4 heteroatoms. The number of carbonyl (C=O) groups excluding carboxylic acids is 1. The van der Waals surface area contributed by atoms with Gasteiger partial charge in [-0.15, -0.1) is 0 Å². The zero-order chi connectivity index (χ0) is 9.84. The van der Waals surface area contributed by atoms with E-state index in [9.17, 15) is 4.79 Å². The predicted octanol–water partition coefficient (Wildman–Crippen LogP) is 2.59. The fraction of sp³-hybridized carbons (Fsp3) is 0.300. The van der Waals surface area contributed by atoms with Gasteiger partial charge in [0.05, 0.1) is 0 Å². The first-order valence-corrected chi connectivity index (χ1v) is 4.54. The molecule has 0 atom stereocenters. The van der Waals surface area contributed by atoms with Crippen molar-refractivity contribution in [3.05, 3.63) is 34.9 Å². The minimum atomic E-state index is -0.0856. The maximum Gasteiger partial charge on any atom is 0.251 e. The maximum absolute atomic E-state index is 11.4. The molecule has 2 nitrogen and oxygen atoms in total. The molecule has 1 rings (SSSR count). The normalized spacial score (nSPS) is 9.43. The number of hydrogen-bond donors (Lipinski definition) is 1. The highest BCUT2D eigenvalue weighted by Crippen LogP contribution is 2.10. The molecule has 0 unspecified atom stereocenters. The van der Waals surface area contributed by atoms with E-state index in [0.29, 0.717) is 10.6 Å². The molecule has 0 spiro atoms. The van der Waals surface area contributed by atoms with Crippen molar-refractivity contribution in [3.63, 3.8) is 0 Å². The van der Waals surface area contributed by atoms with Crippen molar-refractivity contribution in [2.45, 2.75) is 19.9 Å². The minimum Gasteiger partial charge on any atom is -0.350 e. The van der Waals surface area contributed by atoms with E-state index in [1.165, 1.54) is 0 Å². The molecule has 1 N–H and O–H groups in total. The van der Waals surface area contributed by atoms with Gasteiger partial charge in [0.15, 0.2) is 0 Å². The zero-order valence-electron chi connectivity index (χ0n) is 8.17.